The van der Waals surface area contributed by atoms with Crippen molar-refractivity contribution < 1.29 is 9.53 Å². The number of benzene rings is 1. The van der Waals surface area contributed by atoms with Gasteiger partial charge in [0.15, 0.2) is 0 Å². The number of methoxy groups -OCH3 is 1. The third-order valence-corrected chi connectivity index (χ3v) is 3.68. The highest BCUT2D eigenvalue weighted by Crippen LogP contribution is 2.18. The number of para-hydroxylation sites is 1. The molecule has 2 rings (SSSR count). The number of nitrogens with one attached hydrogen (secondary N) is 2. The third kappa shape index (κ3) is 5.26. The number of aromatic nitrogens is 1. The van der Waals surface area contributed by atoms with Crippen molar-refractivity contribution in [2.45, 2.75) is 26.8 Å². The molecule has 1 amide bonds. The molecule has 2 N–H and O–H groups in total. The van der Waals surface area contributed by atoms with E-state index in [4.69, 9.17) is 4.74 Å². The van der Waals surface area contributed by atoms with Crippen LogP contribution in [0.1, 0.15) is 36.2 Å². The Bertz CT molecular complexity index is 671. The summed E-state index contributed by atoms with van der Waals surface area (Å²) in [5, 5.41) is 6.17. The second-order valence-corrected chi connectivity index (χ2v) is 6.03. The molecule has 24 heavy (non-hydrogen) atoms. The molecule has 5 heteroatoms. The molecule has 0 aliphatic heterocycles. The average Bonchev–Trinajstić information content (AvgIpc) is 2.60. The molecule has 0 saturated carbocycles. The van der Waals surface area contributed by atoms with Gasteiger partial charge in [-0.05, 0) is 30.5 Å². The zero-order valence-corrected chi connectivity index (χ0v) is 14.5. The van der Waals surface area contributed by atoms with Crippen molar-refractivity contribution in [2.24, 2.45) is 5.92 Å². The maximum absolute atomic E-state index is 12.2. The van der Waals surface area contributed by atoms with Gasteiger partial charge in [-0.2, -0.15) is 0 Å². The summed E-state index contributed by atoms with van der Waals surface area (Å²) in [5.74, 6) is 1.99. The van der Waals surface area contributed by atoms with E-state index in [0.717, 1.165) is 17.7 Å². The average molecular weight is 327 g/mol. The molecule has 0 bridgehead atoms. The minimum absolute atomic E-state index is 0.0709. The van der Waals surface area contributed by atoms with Gasteiger partial charge >= 0.3 is 0 Å². The first kappa shape index (κ1) is 17.8. The SMILES string of the molecule is COc1ccccc1CNc1cc(C(=O)NCCC(C)C)ccn1. The van der Waals surface area contributed by atoms with E-state index in [1.165, 1.54) is 0 Å². The Hall–Kier alpha value is -2.56. The monoisotopic (exact) mass is 327 g/mol. The Morgan fingerprint density at radius 2 is 2.04 bits per heavy atom. The molecule has 0 unspecified atom stereocenters. The standard InChI is InChI=1S/C19H25N3O2/c1-14(2)8-10-21-19(23)15-9-11-20-18(12-15)22-13-16-6-4-5-7-17(16)24-3/h4-7,9,11-12,14H,8,10,13H2,1-3H3,(H,20,22)(H,21,23). The number of pyridine rings is 1. The lowest BCUT2D eigenvalue weighted by atomic mass is 10.1. The van der Waals surface area contributed by atoms with E-state index >= 15 is 0 Å². The van der Waals surface area contributed by atoms with Crippen LogP contribution in [0.5, 0.6) is 5.75 Å². The summed E-state index contributed by atoms with van der Waals surface area (Å²) in [5.41, 5.74) is 1.64. The first-order valence-electron chi connectivity index (χ1n) is 8.20. The minimum atomic E-state index is -0.0709. The Labute approximate surface area is 143 Å². The molecule has 0 fully saturated rings. The number of carbonyl (C=O) groups excluding carboxylic acids is 1. The Kier molecular flexibility index (Phi) is 6.61. The predicted octanol–water partition coefficient (Wildman–Crippen LogP) is 3.48. The number of hydrogen-bond acceptors (Lipinski definition) is 4. The molecular weight excluding hydrogens is 302 g/mol. The highest BCUT2D eigenvalue weighted by atomic mass is 16.5. The molecule has 1 aromatic heterocycles. The van der Waals surface area contributed by atoms with Gasteiger partial charge in [0.1, 0.15) is 11.6 Å². The van der Waals surface area contributed by atoms with Gasteiger partial charge in [0.05, 0.1) is 7.11 Å². The maximum Gasteiger partial charge on any atom is 0.251 e. The minimum Gasteiger partial charge on any atom is -0.496 e. The van der Waals surface area contributed by atoms with Crippen LogP contribution in [0.25, 0.3) is 0 Å². The smallest absolute Gasteiger partial charge is 0.251 e. The van der Waals surface area contributed by atoms with E-state index in [0.29, 0.717) is 30.4 Å². The number of amides is 1. The van der Waals surface area contributed by atoms with Gasteiger partial charge in [0, 0.05) is 30.4 Å². The largest absolute Gasteiger partial charge is 0.496 e. The van der Waals surface area contributed by atoms with Crippen LogP contribution < -0.4 is 15.4 Å². The quantitative estimate of drug-likeness (QED) is 0.779. The van der Waals surface area contributed by atoms with Crippen LogP contribution in [0.2, 0.25) is 0 Å². The fourth-order valence-electron chi connectivity index (χ4n) is 2.28. The maximum atomic E-state index is 12.2. The molecule has 128 valence electrons. The van der Waals surface area contributed by atoms with Crippen molar-refractivity contribution in [3.05, 3.63) is 53.7 Å². The van der Waals surface area contributed by atoms with Crippen molar-refractivity contribution in [3.63, 3.8) is 0 Å². The van der Waals surface area contributed by atoms with E-state index < -0.39 is 0 Å². The van der Waals surface area contributed by atoms with Crippen LogP contribution in [-0.4, -0.2) is 24.5 Å². The number of ether oxygens (including phenoxy) is 1. The second-order valence-electron chi connectivity index (χ2n) is 6.03. The molecule has 1 aromatic carbocycles. The Balaban J connectivity index is 1.96. The van der Waals surface area contributed by atoms with Crippen molar-refractivity contribution >= 4 is 11.7 Å². The molecule has 0 radical (unpaired) electrons. The van der Waals surface area contributed by atoms with Gasteiger partial charge in [-0.25, -0.2) is 4.98 Å². The fourth-order valence-corrected chi connectivity index (χ4v) is 2.28. The summed E-state index contributed by atoms with van der Waals surface area (Å²) in [6.45, 7) is 5.54. The molecule has 0 saturated heterocycles. The van der Waals surface area contributed by atoms with Crippen molar-refractivity contribution in [3.8, 4) is 5.75 Å². The van der Waals surface area contributed by atoms with Gasteiger partial charge in [-0.3, -0.25) is 4.79 Å². The van der Waals surface area contributed by atoms with Crippen molar-refractivity contribution in [2.75, 3.05) is 19.0 Å². The highest BCUT2D eigenvalue weighted by Gasteiger charge is 2.07. The molecule has 2 aromatic rings. The molecule has 0 aliphatic carbocycles. The lowest BCUT2D eigenvalue weighted by Crippen LogP contribution is -2.25. The topological polar surface area (TPSA) is 63.2 Å². The van der Waals surface area contributed by atoms with Crippen molar-refractivity contribution in [1.29, 1.82) is 0 Å². The first-order valence-corrected chi connectivity index (χ1v) is 8.20. The van der Waals surface area contributed by atoms with Crippen LogP contribution in [0.15, 0.2) is 42.6 Å². The number of hydrogen-bond donors (Lipinski definition) is 2. The zero-order chi connectivity index (χ0) is 17.4. The highest BCUT2D eigenvalue weighted by molar-refractivity contribution is 5.94. The lowest BCUT2D eigenvalue weighted by molar-refractivity contribution is 0.0952. The van der Waals surface area contributed by atoms with E-state index in [1.54, 1.807) is 25.4 Å². The van der Waals surface area contributed by atoms with Crippen LogP contribution in [0.3, 0.4) is 0 Å². The molecule has 0 aliphatic rings. The summed E-state index contributed by atoms with van der Waals surface area (Å²) in [7, 11) is 1.65. The van der Waals surface area contributed by atoms with Crippen LogP contribution in [0.4, 0.5) is 5.82 Å². The van der Waals surface area contributed by atoms with E-state index in [-0.39, 0.29) is 5.91 Å². The van der Waals surface area contributed by atoms with E-state index in [1.807, 2.05) is 24.3 Å². The zero-order valence-electron chi connectivity index (χ0n) is 14.5. The summed E-state index contributed by atoms with van der Waals surface area (Å²) in [6.07, 6.45) is 2.61. The summed E-state index contributed by atoms with van der Waals surface area (Å²) >= 11 is 0. The predicted molar refractivity (Wildman–Crippen MR) is 96.3 cm³/mol. The molecule has 0 atom stereocenters. The second kappa shape index (κ2) is 8.91. The van der Waals surface area contributed by atoms with E-state index in [2.05, 4.69) is 29.5 Å². The Morgan fingerprint density at radius 1 is 1.25 bits per heavy atom. The molecule has 0 spiro atoms. The van der Waals surface area contributed by atoms with Crippen LogP contribution in [0, 0.1) is 5.92 Å². The van der Waals surface area contributed by atoms with Crippen molar-refractivity contribution in [1.82, 2.24) is 10.3 Å². The number of nitrogens with zero attached hydrogens (tertiary/aromatic N) is 1. The molecule has 5 nitrogen and oxygen atoms in total. The number of anilines is 1. The Morgan fingerprint density at radius 3 is 2.79 bits per heavy atom. The fraction of sp³-hybridized carbons (Fsp3) is 0.368. The summed E-state index contributed by atoms with van der Waals surface area (Å²) in [6, 6.07) is 11.3. The normalized spacial score (nSPS) is 10.5. The third-order valence-electron chi connectivity index (χ3n) is 3.68. The molecule has 1 heterocycles. The number of carbonyl (C=O) groups is 1. The molecular formula is C19H25N3O2. The van der Waals surface area contributed by atoms with Gasteiger partial charge in [-0.1, -0.05) is 32.0 Å². The number of rotatable bonds is 8. The summed E-state index contributed by atoms with van der Waals surface area (Å²) in [4.78, 5) is 16.4. The van der Waals surface area contributed by atoms with Gasteiger partial charge in [-0.15, -0.1) is 0 Å². The lowest BCUT2D eigenvalue weighted by Gasteiger charge is -2.11. The summed E-state index contributed by atoms with van der Waals surface area (Å²) < 4.78 is 5.33. The van der Waals surface area contributed by atoms with Gasteiger partial charge < -0.3 is 15.4 Å². The van der Waals surface area contributed by atoms with Gasteiger partial charge in [0.25, 0.3) is 5.91 Å². The van der Waals surface area contributed by atoms with Gasteiger partial charge in [0.2, 0.25) is 0 Å². The van der Waals surface area contributed by atoms with Crippen LogP contribution >= 0.6 is 0 Å². The van der Waals surface area contributed by atoms with E-state index in [9.17, 15) is 4.79 Å². The first-order chi connectivity index (χ1) is 11.6. The van der Waals surface area contributed by atoms with Crippen LogP contribution in [-0.2, 0) is 6.54 Å².